The molecule has 6 nitrogen and oxygen atoms in total. The highest BCUT2D eigenvalue weighted by atomic mass is 16.5. The Labute approximate surface area is 254 Å². The zero-order valence-corrected chi connectivity index (χ0v) is 25.4. The molecule has 0 amide bonds. The van der Waals surface area contributed by atoms with Crippen LogP contribution in [0.25, 0.3) is 0 Å². The topological polar surface area (TPSA) is 59.1 Å². The lowest BCUT2D eigenvalue weighted by Crippen LogP contribution is -2.59. The van der Waals surface area contributed by atoms with Gasteiger partial charge in [-0.2, -0.15) is 0 Å². The summed E-state index contributed by atoms with van der Waals surface area (Å²) in [7, 11) is 0. The first-order chi connectivity index (χ1) is 20.9. The number of ether oxygens (including phenoxy) is 2. The van der Waals surface area contributed by atoms with E-state index >= 15 is 0 Å². The SMILES string of the molecule is C[C@@]12CCCC[C@]13O[C@H](C2=O)[C@@H]1[C@H]3c2ccccc2N1CCCN1c2ccccc2[C@@H]2[C@H]1[C@@H]1O[C@]23CCCC[C@@]3(C)C1=O. The van der Waals surface area contributed by atoms with Crippen LogP contribution in [0.2, 0.25) is 0 Å². The largest absolute Gasteiger partial charge is 0.364 e. The van der Waals surface area contributed by atoms with Crippen molar-refractivity contribution < 1.29 is 19.1 Å². The minimum Gasteiger partial charge on any atom is -0.364 e. The first-order valence-electron chi connectivity index (χ1n) is 17.0. The lowest BCUT2D eigenvalue weighted by atomic mass is 9.53. The Morgan fingerprint density at radius 2 is 1.07 bits per heavy atom. The highest BCUT2D eigenvalue weighted by Gasteiger charge is 2.78. The highest BCUT2D eigenvalue weighted by Crippen LogP contribution is 2.71. The number of Topliss-reactive ketones (excluding diaryl/α,β-unsaturated/α-hetero) is 2. The van der Waals surface area contributed by atoms with Gasteiger partial charge in [-0.1, -0.05) is 62.1 Å². The summed E-state index contributed by atoms with van der Waals surface area (Å²) in [6.07, 6.45) is 8.67. The van der Waals surface area contributed by atoms with E-state index in [-0.39, 0.29) is 58.2 Å². The molecule has 43 heavy (non-hydrogen) atoms. The molecule has 2 spiro atoms. The second-order valence-corrected chi connectivity index (χ2v) is 15.5. The van der Waals surface area contributed by atoms with Crippen LogP contribution in [-0.4, -0.2) is 60.1 Å². The number of benzene rings is 2. The molecule has 6 heterocycles. The Balaban J connectivity index is 0.967. The summed E-state index contributed by atoms with van der Waals surface area (Å²) < 4.78 is 13.7. The highest BCUT2D eigenvalue weighted by molar-refractivity contribution is 5.97. The van der Waals surface area contributed by atoms with Crippen molar-refractivity contribution in [3.8, 4) is 0 Å². The third-order valence-corrected chi connectivity index (χ3v) is 14.1. The minimum atomic E-state index is -0.365. The van der Waals surface area contributed by atoms with E-state index in [2.05, 4.69) is 72.2 Å². The van der Waals surface area contributed by atoms with Crippen molar-refractivity contribution in [2.45, 2.75) is 119 Å². The first-order valence-corrected chi connectivity index (χ1v) is 17.0. The molecule has 4 bridgehead atoms. The fraction of sp³-hybridized carbons (Fsp3) is 0.622. The number of para-hydroxylation sites is 2. The van der Waals surface area contributed by atoms with Crippen LogP contribution in [0.15, 0.2) is 48.5 Å². The van der Waals surface area contributed by atoms with E-state index in [1.165, 1.54) is 22.5 Å². The lowest BCUT2D eigenvalue weighted by Gasteiger charge is -2.49. The van der Waals surface area contributed by atoms with Gasteiger partial charge in [0.15, 0.2) is 11.6 Å². The fourth-order valence-corrected chi connectivity index (χ4v) is 12.3. The summed E-state index contributed by atoms with van der Waals surface area (Å²) in [6.45, 7) is 6.15. The molecule has 2 saturated carbocycles. The van der Waals surface area contributed by atoms with E-state index < -0.39 is 0 Å². The second kappa shape index (κ2) is 8.11. The van der Waals surface area contributed by atoms with Crippen LogP contribution in [0.5, 0.6) is 0 Å². The molecule has 4 saturated heterocycles. The van der Waals surface area contributed by atoms with E-state index in [9.17, 15) is 9.59 Å². The standard InChI is InChI=1S/C37H42N2O4/c1-34-16-7-9-18-36(34)26-22-12-3-5-14-24(22)38(28(26)30(42-36)32(34)40)20-11-21-39-25-15-6-4-13-23(25)27-29(39)31-33(41)35(2)17-8-10-19-37(27,35)43-31/h3-6,12-15,26-31H,7-11,16-21H2,1-2H3/t26-,27-,28+,29+,30+,31+,34+,35+,36-,37-/m1/s1. The van der Waals surface area contributed by atoms with Gasteiger partial charge in [-0.3, -0.25) is 9.59 Å². The van der Waals surface area contributed by atoms with Crippen LogP contribution < -0.4 is 9.80 Å². The molecule has 0 unspecified atom stereocenters. The molecule has 224 valence electrons. The summed E-state index contributed by atoms with van der Waals surface area (Å²) in [6, 6.07) is 17.9. The van der Waals surface area contributed by atoms with E-state index in [0.29, 0.717) is 11.6 Å². The molecule has 0 aromatic heterocycles. The summed E-state index contributed by atoms with van der Waals surface area (Å²) in [5, 5.41) is 0. The minimum absolute atomic E-state index is 0.0870. The van der Waals surface area contributed by atoms with Gasteiger partial charge < -0.3 is 19.3 Å². The van der Waals surface area contributed by atoms with Crippen LogP contribution in [0.3, 0.4) is 0 Å². The Morgan fingerprint density at radius 3 is 1.53 bits per heavy atom. The smallest absolute Gasteiger partial charge is 0.172 e. The molecular weight excluding hydrogens is 536 g/mol. The maximum atomic E-state index is 13.9. The number of fused-ring (bicyclic) bond motifs is 10. The average Bonchev–Trinajstić information content (AvgIpc) is 3.81. The van der Waals surface area contributed by atoms with Gasteiger partial charge >= 0.3 is 0 Å². The number of carbonyl (C=O) groups is 2. The molecule has 6 aliphatic heterocycles. The Kier molecular flexibility index (Phi) is 4.83. The number of hydrogen-bond donors (Lipinski definition) is 0. The van der Waals surface area contributed by atoms with Crippen molar-refractivity contribution in [2.75, 3.05) is 22.9 Å². The van der Waals surface area contributed by atoms with Crippen molar-refractivity contribution in [3.63, 3.8) is 0 Å². The van der Waals surface area contributed by atoms with Crippen LogP contribution in [0.1, 0.15) is 94.6 Å². The van der Waals surface area contributed by atoms with E-state index in [1.807, 2.05) is 0 Å². The maximum Gasteiger partial charge on any atom is 0.172 e. The van der Waals surface area contributed by atoms with Crippen molar-refractivity contribution in [3.05, 3.63) is 59.7 Å². The number of carbonyl (C=O) groups excluding carboxylic acids is 2. The van der Waals surface area contributed by atoms with Crippen molar-refractivity contribution in [1.29, 1.82) is 0 Å². The van der Waals surface area contributed by atoms with E-state index in [4.69, 9.17) is 9.47 Å². The number of nitrogens with zero attached hydrogens (tertiary/aromatic N) is 2. The van der Waals surface area contributed by atoms with Crippen LogP contribution in [-0.2, 0) is 19.1 Å². The summed E-state index contributed by atoms with van der Waals surface area (Å²) in [4.78, 5) is 32.9. The predicted octanol–water partition coefficient (Wildman–Crippen LogP) is 5.92. The monoisotopic (exact) mass is 578 g/mol. The number of ketones is 2. The van der Waals surface area contributed by atoms with Gasteiger partial charge in [0.2, 0.25) is 0 Å². The summed E-state index contributed by atoms with van der Waals surface area (Å²) in [5.41, 5.74) is 3.89. The molecule has 0 radical (unpaired) electrons. The van der Waals surface area contributed by atoms with Gasteiger partial charge in [-0.05, 0) is 69.2 Å². The van der Waals surface area contributed by atoms with E-state index in [0.717, 1.165) is 70.9 Å². The molecule has 2 aromatic carbocycles. The van der Waals surface area contributed by atoms with Gasteiger partial charge in [-0.25, -0.2) is 0 Å². The van der Waals surface area contributed by atoms with Crippen molar-refractivity contribution in [2.24, 2.45) is 10.8 Å². The molecule has 2 aromatic rings. The lowest BCUT2D eigenvalue weighted by molar-refractivity contribution is -0.134. The zero-order valence-electron chi connectivity index (χ0n) is 25.4. The van der Waals surface area contributed by atoms with Crippen molar-refractivity contribution >= 4 is 22.9 Å². The fourth-order valence-electron chi connectivity index (χ4n) is 12.3. The number of rotatable bonds is 4. The molecule has 8 aliphatic rings. The third kappa shape index (κ3) is 2.66. The van der Waals surface area contributed by atoms with E-state index in [1.54, 1.807) is 0 Å². The Hall–Kier alpha value is -2.70. The Morgan fingerprint density at radius 1 is 0.651 bits per heavy atom. The van der Waals surface area contributed by atoms with Gasteiger partial charge in [0.1, 0.15) is 12.2 Å². The third-order valence-electron chi connectivity index (χ3n) is 14.1. The quantitative estimate of drug-likeness (QED) is 0.449. The van der Waals surface area contributed by atoms with Gasteiger partial charge in [0.25, 0.3) is 0 Å². The second-order valence-electron chi connectivity index (χ2n) is 15.5. The number of anilines is 2. The summed E-state index contributed by atoms with van der Waals surface area (Å²) >= 11 is 0. The predicted molar refractivity (Wildman–Crippen MR) is 164 cm³/mol. The van der Waals surface area contributed by atoms with Crippen LogP contribution in [0, 0.1) is 10.8 Å². The molecule has 6 heteroatoms. The molecular formula is C37H42N2O4. The molecule has 10 atom stereocenters. The van der Waals surface area contributed by atoms with Crippen molar-refractivity contribution in [1.82, 2.24) is 0 Å². The first kappa shape index (κ1) is 25.6. The zero-order chi connectivity index (χ0) is 28.9. The normalized spacial score (nSPS) is 46.1. The van der Waals surface area contributed by atoms with Gasteiger partial charge in [0.05, 0.1) is 34.1 Å². The molecule has 0 N–H and O–H groups in total. The van der Waals surface area contributed by atoms with Gasteiger partial charge in [0, 0.05) is 36.3 Å². The number of hydrogen-bond acceptors (Lipinski definition) is 6. The molecule has 10 rings (SSSR count). The average molecular weight is 579 g/mol. The summed E-state index contributed by atoms with van der Waals surface area (Å²) in [5.74, 6) is 1.20. The van der Waals surface area contributed by atoms with Crippen LogP contribution in [0.4, 0.5) is 11.4 Å². The molecule has 6 fully saturated rings. The maximum absolute atomic E-state index is 13.9. The van der Waals surface area contributed by atoms with Crippen LogP contribution >= 0.6 is 0 Å². The van der Waals surface area contributed by atoms with Gasteiger partial charge in [-0.15, -0.1) is 0 Å². The Bertz CT molecular complexity index is 1470. The molecule has 2 aliphatic carbocycles.